The van der Waals surface area contributed by atoms with Gasteiger partial charge in [-0.1, -0.05) is 36.2 Å². The Hall–Kier alpha value is -2.82. The molecule has 2 atom stereocenters. The van der Waals surface area contributed by atoms with Gasteiger partial charge in [-0.05, 0) is 57.0 Å². The van der Waals surface area contributed by atoms with Crippen LogP contribution in [0.15, 0.2) is 42.5 Å². The monoisotopic (exact) mass is 369 g/mol. The number of carboxylic acids is 1. The van der Waals surface area contributed by atoms with Gasteiger partial charge < -0.3 is 15.2 Å². The fourth-order valence-electron chi connectivity index (χ4n) is 3.15. The topological polar surface area (TPSA) is 75.6 Å². The highest BCUT2D eigenvalue weighted by atomic mass is 16.5. The number of carbonyl (C=O) groups is 2. The van der Waals surface area contributed by atoms with Crippen molar-refractivity contribution in [2.45, 2.75) is 34.1 Å². The molecule has 27 heavy (non-hydrogen) atoms. The number of amides is 1. The molecule has 2 aromatic rings. The van der Waals surface area contributed by atoms with Crippen molar-refractivity contribution in [2.24, 2.45) is 11.8 Å². The van der Waals surface area contributed by atoms with E-state index < -0.39 is 17.8 Å². The van der Waals surface area contributed by atoms with Crippen molar-refractivity contribution in [3.8, 4) is 5.75 Å². The normalized spacial score (nSPS) is 12.9. The summed E-state index contributed by atoms with van der Waals surface area (Å²) in [4.78, 5) is 24.4. The van der Waals surface area contributed by atoms with E-state index in [1.165, 1.54) is 0 Å². The summed E-state index contributed by atoms with van der Waals surface area (Å²) in [6, 6.07) is 13.1. The van der Waals surface area contributed by atoms with Crippen molar-refractivity contribution in [1.82, 2.24) is 0 Å². The maximum Gasteiger partial charge on any atom is 0.307 e. The molecule has 5 nitrogen and oxygen atoms in total. The molecule has 0 aromatic heterocycles. The first kappa shape index (κ1) is 20.5. The third-order valence-electron chi connectivity index (χ3n) is 4.50. The average Bonchev–Trinajstić information content (AvgIpc) is 2.60. The molecule has 0 aliphatic carbocycles. The van der Waals surface area contributed by atoms with E-state index in [9.17, 15) is 14.7 Å². The molecule has 2 aromatic carbocycles. The number of ether oxygens (including phenoxy) is 1. The van der Waals surface area contributed by atoms with Gasteiger partial charge in [-0.25, -0.2) is 0 Å². The first-order valence-electron chi connectivity index (χ1n) is 9.14. The van der Waals surface area contributed by atoms with Crippen LogP contribution in [0.25, 0.3) is 0 Å². The molecule has 0 unspecified atom stereocenters. The summed E-state index contributed by atoms with van der Waals surface area (Å²) in [5, 5.41) is 12.3. The van der Waals surface area contributed by atoms with Crippen molar-refractivity contribution < 1.29 is 19.4 Å². The molecule has 0 saturated carbocycles. The Morgan fingerprint density at radius 2 is 1.67 bits per heavy atom. The second kappa shape index (κ2) is 9.21. The van der Waals surface area contributed by atoms with Crippen molar-refractivity contribution in [3.05, 3.63) is 59.2 Å². The van der Waals surface area contributed by atoms with E-state index in [1.807, 2.05) is 32.9 Å². The zero-order chi connectivity index (χ0) is 20.0. The second-order valence-corrected chi connectivity index (χ2v) is 6.88. The van der Waals surface area contributed by atoms with E-state index in [-0.39, 0.29) is 5.91 Å². The quantitative estimate of drug-likeness (QED) is 0.730. The number of carboxylic acid groups (broad SMARTS) is 1. The number of hydrogen-bond acceptors (Lipinski definition) is 3. The van der Waals surface area contributed by atoms with Gasteiger partial charge >= 0.3 is 5.97 Å². The van der Waals surface area contributed by atoms with E-state index >= 15 is 0 Å². The molecule has 2 N–H and O–H groups in total. The summed E-state index contributed by atoms with van der Waals surface area (Å²) in [5.74, 6) is -2.02. The second-order valence-electron chi connectivity index (χ2n) is 6.88. The first-order valence-corrected chi connectivity index (χ1v) is 9.14. The van der Waals surface area contributed by atoms with Crippen LogP contribution >= 0.6 is 0 Å². The summed E-state index contributed by atoms with van der Waals surface area (Å²) in [6.07, 6.45) is 0.374. The Morgan fingerprint density at radius 1 is 1.07 bits per heavy atom. The van der Waals surface area contributed by atoms with Crippen LogP contribution in [0.1, 0.15) is 30.5 Å². The summed E-state index contributed by atoms with van der Waals surface area (Å²) in [5.41, 5.74) is 3.77. The number of carbonyl (C=O) groups excluding carboxylic acids is 1. The Kier molecular flexibility index (Phi) is 6.99. The fourth-order valence-corrected chi connectivity index (χ4v) is 3.15. The maximum atomic E-state index is 12.8. The van der Waals surface area contributed by atoms with Gasteiger partial charge in [0.25, 0.3) is 0 Å². The van der Waals surface area contributed by atoms with Crippen LogP contribution in [0.4, 0.5) is 5.69 Å². The van der Waals surface area contributed by atoms with Gasteiger partial charge in [0.1, 0.15) is 5.75 Å². The van der Waals surface area contributed by atoms with E-state index in [1.54, 1.807) is 31.2 Å². The van der Waals surface area contributed by atoms with E-state index in [4.69, 9.17) is 4.74 Å². The summed E-state index contributed by atoms with van der Waals surface area (Å²) < 4.78 is 5.39. The van der Waals surface area contributed by atoms with Crippen LogP contribution in [-0.2, 0) is 16.0 Å². The van der Waals surface area contributed by atoms with Crippen LogP contribution < -0.4 is 10.1 Å². The molecule has 0 bridgehead atoms. The number of nitrogens with one attached hydrogen (secondary N) is 1. The fraction of sp³-hybridized carbons (Fsp3) is 0.364. The third kappa shape index (κ3) is 5.84. The minimum atomic E-state index is -0.980. The SMILES string of the molecule is CCOc1ccc(NC(=O)[C@@H](Cc2cc(C)cc(C)c2)[C@@H](C)C(=O)O)cc1. The van der Waals surface area contributed by atoms with Crippen molar-refractivity contribution >= 4 is 17.6 Å². The van der Waals surface area contributed by atoms with Gasteiger partial charge in [-0.3, -0.25) is 9.59 Å². The molecule has 0 saturated heterocycles. The predicted octanol–water partition coefficient (Wildman–Crippen LogP) is 4.22. The molecule has 0 fully saturated rings. The van der Waals surface area contributed by atoms with Gasteiger partial charge in [-0.15, -0.1) is 0 Å². The molecule has 0 spiro atoms. The lowest BCUT2D eigenvalue weighted by Crippen LogP contribution is -2.33. The van der Waals surface area contributed by atoms with E-state index in [2.05, 4.69) is 11.4 Å². The highest BCUT2D eigenvalue weighted by molar-refractivity contribution is 5.95. The molecular weight excluding hydrogens is 342 g/mol. The van der Waals surface area contributed by atoms with Crippen molar-refractivity contribution in [3.63, 3.8) is 0 Å². The Morgan fingerprint density at radius 3 is 2.19 bits per heavy atom. The standard InChI is InChI=1S/C22H27NO4/c1-5-27-19-8-6-18(7-9-19)23-21(24)20(16(4)22(25)26)13-17-11-14(2)10-15(3)12-17/h6-12,16,20H,5,13H2,1-4H3,(H,23,24)(H,25,26)/t16-,20+/m1/s1. The largest absolute Gasteiger partial charge is 0.494 e. The zero-order valence-corrected chi connectivity index (χ0v) is 16.3. The summed E-state index contributed by atoms with van der Waals surface area (Å²) in [6.45, 7) is 8.03. The van der Waals surface area contributed by atoms with Crippen LogP contribution in [0, 0.1) is 25.7 Å². The van der Waals surface area contributed by atoms with Crippen molar-refractivity contribution in [2.75, 3.05) is 11.9 Å². The number of anilines is 1. The Labute approximate surface area is 160 Å². The number of rotatable bonds is 8. The van der Waals surface area contributed by atoms with Crippen LogP contribution in [-0.4, -0.2) is 23.6 Å². The van der Waals surface area contributed by atoms with E-state index in [0.717, 1.165) is 22.4 Å². The van der Waals surface area contributed by atoms with Crippen LogP contribution in [0.5, 0.6) is 5.75 Å². The minimum absolute atomic E-state index is 0.298. The number of aliphatic carboxylic acids is 1. The Bertz CT molecular complexity index is 778. The third-order valence-corrected chi connectivity index (χ3v) is 4.50. The number of aryl methyl sites for hydroxylation is 2. The van der Waals surface area contributed by atoms with Gasteiger partial charge in [0, 0.05) is 5.69 Å². The molecule has 2 rings (SSSR count). The summed E-state index contributed by atoms with van der Waals surface area (Å²) >= 11 is 0. The molecule has 1 amide bonds. The van der Waals surface area contributed by atoms with Crippen LogP contribution in [0.3, 0.4) is 0 Å². The molecule has 0 aliphatic rings. The highest BCUT2D eigenvalue weighted by Gasteiger charge is 2.30. The van der Waals surface area contributed by atoms with Crippen LogP contribution in [0.2, 0.25) is 0 Å². The zero-order valence-electron chi connectivity index (χ0n) is 16.3. The number of benzene rings is 2. The molecule has 0 heterocycles. The molecule has 5 heteroatoms. The highest BCUT2D eigenvalue weighted by Crippen LogP contribution is 2.23. The minimum Gasteiger partial charge on any atom is -0.494 e. The van der Waals surface area contributed by atoms with E-state index in [0.29, 0.717) is 18.7 Å². The van der Waals surface area contributed by atoms with Gasteiger partial charge in [-0.2, -0.15) is 0 Å². The summed E-state index contributed by atoms with van der Waals surface area (Å²) in [7, 11) is 0. The molecule has 0 aliphatic heterocycles. The predicted molar refractivity (Wildman–Crippen MR) is 106 cm³/mol. The maximum absolute atomic E-state index is 12.8. The van der Waals surface area contributed by atoms with Gasteiger partial charge in [0.2, 0.25) is 5.91 Å². The lowest BCUT2D eigenvalue weighted by molar-refractivity contribution is -0.145. The smallest absolute Gasteiger partial charge is 0.307 e. The van der Waals surface area contributed by atoms with Gasteiger partial charge in [0.05, 0.1) is 18.4 Å². The first-order chi connectivity index (χ1) is 12.8. The molecule has 0 radical (unpaired) electrons. The lowest BCUT2D eigenvalue weighted by atomic mass is 9.86. The van der Waals surface area contributed by atoms with Gasteiger partial charge in [0.15, 0.2) is 0 Å². The molecule has 144 valence electrons. The average molecular weight is 369 g/mol. The Balaban J connectivity index is 2.19. The molecular formula is C22H27NO4. The van der Waals surface area contributed by atoms with Crippen molar-refractivity contribution in [1.29, 1.82) is 0 Å². The lowest BCUT2D eigenvalue weighted by Gasteiger charge is -2.21. The number of hydrogen-bond donors (Lipinski definition) is 2.